The van der Waals surface area contributed by atoms with Gasteiger partial charge in [-0.15, -0.1) is 0 Å². The zero-order chi connectivity index (χ0) is 22.6. The molecule has 0 spiro atoms. The van der Waals surface area contributed by atoms with Gasteiger partial charge in [0.15, 0.2) is 6.61 Å². The van der Waals surface area contributed by atoms with E-state index < -0.39 is 11.7 Å². The predicted molar refractivity (Wildman–Crippen MR) is 113 cm³/mol. The van der Waals surface area contributed by atoms with Gasteiger partial charge in [0.1, 0.15) is 5.75 Å². The first-order valence-electron chi connectivity index (χ1n) is 10.4. The molecule has 32 heavy (non-hydrogen) atoms. The van der Waals surface area contributed by atoms with Crippen molar-refractivity contribution < 1.29 is 22.7 Å². The molecule has 1 amide bonds. The van der Waals surface area contributed by atoms with E-state index in [1.165, 1.54) is 12.3 Å². The van der Waals surface area contributed by atoms with E-state index in [-0.39, 0.29) is 18.4 Å². The Kier molecular flexibility index (Phi) is 6.39. The van der Waals surface area contributed by atoms with E-state index in [1.54, 1.807) is 29.3 Å². The number of likely N-dealkylation sites (tertiary alicyclic amines) is 1. The highest BCUT2D eigenvalue weighted by Gasteiger charge is 2.31. The molecule has 1 atom stereocenters. The lowest BCUT2D eigenvalue weighted by molar-refractivity contribution is -0.137. The second-order valence-corrected chi connectivity index (χ2v) is 7.69. The molecule has 1 saturated heterocycles. The average Bonchev–Trinajstić information content (AvgIpc) is 2.83. The van der Waals surface area contributed by atoms with Crippen LogP contribution >= 0.6 is 0 Å². The number of carbonyl (C=O) groups is 1. The number of rotatable bonds is 5. The number of aromatic nitrogens is 2. The summed E-state index contributed by atoms with van der Waals surface area (Å²) in [4.78, 5) is 23.2. The number of halogens is 3. The maximum atomic E-state index is 13.1. The van der Waals surface area contributed by atoms with E-state index in [0.717, 1.165) is 25.0 Å². The molecule has 0 bridgehead atoms. The number of nitrogens with zero attached hydrogens (tertiary/aromatic N) is 3. The second-order valence-electron chi connectivity index (χ2n) is 7.69. The van der Waals surface area contributed by atoms with Gasteiger partial charge in [-0.2, -0.15) is 13.2 Å². The summed E-state index contributed by atoms with van der Waals surface area (Å²) in [5, 5.41) is 0. The van der Waals surface area contributed by atoms with Crippen molar-refractivity contribution in [3.8, 4) is 17.0 Å². The first-order chi connectivity index (χ1) is 15.4. The van der Waals surface area contributed by atoms with Crippen LogP contribution < -0.4 is 4.74 Å². The number of para-hydroxylation sites is 1. The van der Waals surface area contributed by atoms with Crippen LogP contribution in [-0.4, -0.2) is 40.5 Å². The third kappa shape index (κ3) is 5.25. The quantitative estimate of drug-likeness (QED) is 0.562. The van der Waals surface area contributed by atoms with Crippen LogP contribution in [0.4, 0.5) is 13.2 Å². The first kappa shape index (κ1) is 21.8. The van der Waals surface area contributed by atoms with Crippen molar-refractivity contribution in [2.75, 3.05) is 19.7 Å². The third-order valence-corrected chi connectivity index (χ3v) is 5.44. The van der Waals surface area contributed by atoms with Crippen molar-refractivity contribution in [1.82, 2.24) is 14.9 Å². The SMILES string of the molecule is O=C(COc1ccccc1)N1CCC[C@@H](c2cncc(-c3cccc(C(F)(F)F)c3)n2)C1. The molecule has 0 saturated carbocycles. The van der Waals surface area contributed by atoms with Gasteiger partial charge in [-0.1, -0.05) is 30.3 Å². The second kappa shape index (κ2) is 9.38. The highest BCUT2D eigenvalue weighted by molar-refractivity contribution is 5.78. The van der Waals surface area contributed by atoms with Crippen LogP contribution in [0, 0.1) is 0 Å². The van der Waals surface area contributed by atoms with Crippen molar-refractivity contribution >= 4 is 5.91 Å². The summed E-state index contributed by atoms with van der Waals surface area (Å²) in [6.45, 7) is 1.05. The Bertz CT molecular complexity index is 1070. The van der Waals surface area contributed by atoms with Gasteiger partial charge in [-0.05, 0) is 37.1 Å². The monoisotopic (exact) mass is 441 g/mol. The summed E-state index contributed by atoms with van der Waals surface area (Å²) in [5.74, 6) is 0.484. The Morgan fingerprint density at radius 1 is 1.09 bits per heavy atom. The molecule has 166 valence electrons. The molecule has 0 aliphatic carbocycles. The minimum absolute atomic E-state index is 0.0392. The zero-order valence-electron chi connectivity index (χ0n) is 17.3. The van der Waals surface area contributed by atoms with Gasteiger partial charge in [0.25, 0.3) is 5.91 Å². The van der Waals surface area contributed by atoms with Gasteiger partial charge in [0.2, 0.25) is 0 Å². The van der Waals surface area contributed by atoms with E-state index in [4.69, 9.17) is 4.74 Å². The lowest BCUT2D eigenvalue weighted by atomic mass is 9.94. The van der Waals surface area contributed by atoms with Crippen LogP contribution in [0.5, 0.6) is 5.75 Å². The fraction of sp³-hybridized carbons (Fsp3) is 0.292. The molecule has 0 N–H and O–H groups in total. The van der Waals surface area contributed by atoms with Gasteiger partial charge >= 0.3 is 6.18 Å². The number of hydrogen-bond acceptors (Lipinski definition) is 4. The fourth-order valence-electron chi connectivity index (χ4n) is 3.77. The summed E-state index contributed by atoms with van der Waals surface area (Å²) in [5.41, 5.74) is 0.676. The largest absolute Gasteiger partial charge is 0.484 e. The standard InChI is InChI=1S/C24H22F3N3O2/c25-24(26,27)19-8-4-6-17(12-19)21-13-28-14-22(29-21)18-7-5-11-30(15-18)23(31)16-32-20-9-2-1-3-10-20/h1-4,6,8-10,12-14,18H,5,7,11,15-16H2/t18-/m1/s1. The molecule has 3 aromatic rings. The molecule has 5 nitrogen and oxygen atoms in total. The molecule has 1 aromatic heterocycles. The lowest BCUT2D eigenvalue weighted by Gasteiger charge is -2.32. The summed E-state index contributed by atoms with van der Waals surface area (Å²) in [6.07, 6.45) is 0.281. The fourth-order valence-corrected chi connectivity index (χ4v) is 3.77. The molecule has 1 aliphatic heterocycles. The molecule has 0 unspecified atom stereocenters. The topological polar surface area (TPSA) is 55.3 Å². The average molecular weight is 441 g/mol. The van der Waals surface area contributed by atoms with E-state index in [0.29, 0.717) is 35.8 Å². The molecule has 2 aromatic carbocycles. The smallest absolute Gasteiger partial charge is 0.416 e. The van der Waals surface area contributed by atoms with Crippen LogP contribution in [0.15, 0.2) is 67.0 Å². The Morgan fingerprint density at radius 2 is 1.91 bits per heavy atom. The minimum Gasteiger partial charge on any atom is -0.484 e. The number of hydrogen-bond donors (Lipinski definition) is 0. The van der Waals surface area contributed by atoms with Crippen LogP contribution in [-0.2, 0) is 11.0 Å². The molecule has 2 heterocycles. The van der Waals surface area contributed by atoms with Crippen molar-refractivity contribution in [2.45, 2.75) is 24.9 Å². The van der Waals surface area contributed by atoms with Crippen LogP contribution in [0.25, 0.3) is 11.3 Å². The number of ether oxygens (including phenoxy) is 1. The number of alkyl halides is 3. The Balaban J connectivity index is 1.45. The summed E-state index contributed by atoms with van der Waals surface area (Å²) in [7, 11) is 0. The predicted octanol–water partition coefficient (Wildman–Crippen LogP) is 4.95. The molecular weight excluding hydrogens is 419 g/mol. The Morgan fingerprint density at radius 3 is 2.69 bits per heavy atom. The van der Waals surface area contributed by atoms with Crippen LogP contribution in [0.1, 0.15) is 30.0 Å². The van der Waals surface area contributed by atoms with Crippen LogP contribution in [0.2, 0.25) is 0 Å². The van der Waals surface area contributed by atoms with Gasteiger partial charge < -0.3 is 9.64 Å². The van der Waals surface area contributed by atoms with E-state index in [1.807, 2.05) is 18.2 Å². The molecule has 1 aliphatic rings. The van der Waals surface area contributed by atoms with Crippen molar-refractivity contribution in [3.63, 3.8) is 0 Å². The van der Waals surface area contributed by atoms with E-state index >= 15 is 0 Å². The van der Waals surface area contributed by atoms with Gasteiger partial charge in [-0.3, -0.25) is 9.78 Å². The highest BCUT2D eigenvalue weighted by Crippen LogP contribution is 2.32. The number of amides is 1. The Hall–Kier alpha value is -3.42. The minimum atomic E-state index is -4.42. The number of piperidine rings is 1. The Labute approximate surface area is 183 Å². The van der Waals surface area contributed by atoms with E-state index in [2.05, 4.69) is 9.97 Å². The summed E-state index contributed by atoms with van der Waals surface area (Å²) < 4.78 is 44.7. The molecule has 0 radical (unpaired) electrons. The maximum Gasteiger partial charge on any atom is 0.416 e. The first-order valence-corrected chi connectivity index (χ1v) is 10.4. The van der Waals surface area contributed by atoms with Gasteiger partial charge in [0, 0.05) is 30.8 Å². The van der Waals surface area contributed by atoms with E-state index in [9.17, 15) is 18.0 Å². The molecular formula is C24H22F3N3O2. The normalized spacial score (nSPS) is 16.6. The summed E-state index contributed by atoms with van der Waals surface area (Å²) in [6, 6.07) is 14.2. The molecule has 8 heteroatoms. The number of benzene rings is 2. The van der Waals surface area contributed by atoms with Crippen molar-refractivity contribution in [2.24, 2.45) is 0 Å². The van der Waals surface area contributed by atoms with Crippen LogP contribution in [0.3, 0.4) is 0 Å². The summed E-state index contributed by atoms with van der Waals surface area (Å²) >= 11 is 0. The lowest BCUT2D eigenvalue weighted by Crippen LogP contribution is -2.41. The highest BCUT2D eigenvalue weighted by atomic mass is 19.4. The van der Waals surface area contributed by atoms with Gasteiger partial charge in [-0.25, -0.2) is 4.98 Å². The zero-order valence-corrected chi connectivity index (χ0v) is 17.3. The molecule has 4 rings (SSSR count). The van der Waals surface area contributed by atoms with Crippen molar-refractivity contribution in [3.05, 3.63) is 78.2 Å². The maximum absolute atomic E-state index is 13.1. The third-order valence-electron chi connectivity index (χ3n) is 5.44. The molecule has 1 fully saturated rings. The van der Waals surface area contributed by atoms with Crippen molar-refractivity contribution in [1.29, 1.82) is 0 Å². The van der Waals surface area contributed by atoms with Gasteiger partial charge in [0.05, 0.1) is 23.1 Å². The number of carbonyl (C=O) groups excluding carboxylic acids is 1.